The van der Waals surface area contributed by atoms with E-state index < -0.39 is 10.9 Å². The predicted octanol–water partition coefficient (Wildman–Crippen LogP) is 4.14. The standard InChI is InChI=1S/C17H15N5O4/c1-3-26-17(23)14-16(21-9-5-6-11(2)15(21)18-14)20-19-12-7-4-8-13(10-12)22(24)25/h4-10H,3H2,1-2H3. The maximum absolute atomic E-state index is 12.2. The number of esters is 1. The third-order valence-electron chi connectivity index (χ3n) is 3.59. The summed E-state index contributed by atoms with van der Waals surface area (Å²) in [7, 11) is 0. The Morgan fingerprint density at radius 1 is 1.31 bits per heavy atom. The summed E-state index contributed by atoms with van der Waals surface area (Å²) >= 11 is 0. The molecule has 26 heavy (non-hydrogen) atoms. The van der Waals surface area contributed by atoms with Gasteiger partial charge in [-0.1, -0.05) is 12.1 Å². The van der Waals surface area contributed by atoms with Crippen LogP contribution in [0.2, 0.25) is 0 Å². The smallest absolute Gasteiger partial charge is 0.360 e. The van der Waals surface area contributed by atoms with Gasteiger partial charge in [-0.3, -0.25) is 14.5 Å². The number of aromatic nitrogens is 2. The molecular weight excluding hydrogens is 338 g/mol. The molecule has 2 aromatic heterocycles. The van der Waals surface area contributed by atoms with Gasteiger partial charge in [-0.05, 0) is 31.5 Å². The number of rotatable bonds is 5. The molecule has 0 unspecified atom stereocenters. The third-order valence-corrected chi connectivity index (χ3v) is 3.59. The van der Waals surface area contributed by atoms with E-state index in [0.29, 0.717) is 5.65 Å². The Morgan fingerprint density at radius 3 is 2.85 bits per heavy atom. The van der Waals surface area contributed by atoms with Crippen LogP contribution < -0.4 is 0 Å². The summed E-state index contributed by atoms with van der Waals surface area (Å²) in [6.07, 6.45) is 1.71. The molecule has 9 heteroatoms. The number of carbonyl (C=O) groups excluding carboxylic acids is 1. The van der Waals surface area contributed by atoms with Crippen molar-refractivity contribution >= 4 is 28.8 Å². The molecule has 0 saturated heterocycles. The molecular formula is C17H15N5O4. The minimum absolute atomic E-state index is 0.0373. The van der Waals surface area contributed by atoms with Gasteiger partial charge < -0.3 is 4.74 Å². The van der Waals surface area contributed by atoms with Crippen LogP contribution in [0.1, 0.15) is 23.0 Å². The third kappa shape index (κ3) is 3.27. The first-order valence-corrected chi connectivity index (χ1v) is 7.82. The number of non-ortho nitro benzene ring substituents is 1. The topological polar surface area (TPSA) is 111 Å². The summed E-state index contributed by atoms with van der Waals surface area (Å²) < 4.78 is 6.66. The van der Waals surface area contributed by atoms with Crippen molar-refractivity contribution in [2.75, 3.05) is 6.61 Å². The van der Waals surface area contributed by atoms with Crippen molar-refractivity contribution in [3.8, 4) is 0 Å². The van der Waals surface area contributed by atoms with Gasteiger partial charge in [0.25, 0.3) is 5.69 Å². The Hall–Kier alpha value is -3.62. The first-order valence-electron chi connectivity index (χ1n) is 7.82. The summed E-state index contributed by atoms with van der Waals surface area (Å²) in [4.78, 5) is 26.9. The molecule has 0 aliphatic carbocycles. The number of carbonyl (C=O) groups is 1. The van der Waals surface area contributed by atoms with E-state index in [0.717, 1.165) is 5.56 Å². The summed E-state index contributed by atoms with van der Waals surface area (Å²) in [5.41, 5.74) is 1.64. The number of azo groups is 1. The largest absolute Gasteiger partial charge is 0.461 e. The summed E-state index contributed by atoms with van der Waals surface area (Å²) in [6.45, 7) is 3.76. The minimum Gasteiger partial charge on any atom is -0.461 e. The van der Waals surface area contributed by atoms with Crippen molar-refractivity contribution in [1.82, 2.24) is 9.38 Å². The molecule has 132 valence electrons. The number of ether oxygens (including phenoxy) is 1. The summed E-state index contributed by atoms with van der Waals surface area (Å²) in [6, 6.07) is 9.40. The lowest BCUT2D eigenvalue weighted by Crippen LogP contribution is -2.05. The lowest BCUT2D eigenvalue weighted by Gasteiger charge is -2.00. The maximum atomic E-state index is 12.2. The molecule has 0 bridgehead atoms. The monoisotopic (exact) mass is 353 g/mol. The lowest BCUT2D eigenvalue weighted by atomic mass is 10.3. The summed E-state index contributed by atoms with van der Waals surface area (Å²) in [5, 5.41) is 19.0. The first kappa shape index (κ1) is 17.2. The van der Waals surface area contributed by atoms with Crippen LogP contribution in [-0.4, -0.2) is 26.9 Å². The Kier molecular flexibility index (Phi) is 4.70. The van der Waals surface area contributed by atoms with Crippen LogP contribution in [0.25, 0.3) is 5.65 Å². The highest BCUT2D eigenvalue weighted by Crippen LogP contribution is 2.27. The van der Waals surface area contributed by atoms with E-state index in [1.807, 2.05) is 13.0 Å². The van der Waals surface area contributed by atoms with Crippen LogP contribution in [0.3, 0.4) is 0 Å². The molecule has 0 amide bonds. The van der Waals surface area contributed by atoms with Crippen molar-refractivity contribution in [2.24, 2.45) is 10.2 Å². The molecule has 0 fully saturated rings. The van der Waals surface area contributed by atoms with E-state index in [-0.39, 0.29) is 29.5 Å². The lowest BCUT2D eigenvalue weighted by molar-refractivity contribution is -0.384. The number of nitro groups is 1. The zero-order chi connectivity index (χ0) is 18.7. The van der Waals surface area contributed by atoms with Gasteiger partial charge in [0.1, 0.15) is 5.65 Å². The zero-order valence-electron chi connectivity index (χ0n) is 14.1. The SMILES string of the molecule is CCOC(=O)c1nc2c(C)cccn2c1N=Nc1cccc([N+](=O)[O-])c1. The Bertz CT molecular complexity index is 1030. The number of hydrogen-bond donors (Lipinski definition) is 0. The number of pyridine rings is 1. The summed E-state index contributed by atoms with van der Waals surface area (Å²) in [5.74, 6) is -0.405. The quantitative estimate of drug-likeness (QED) is 0.296. The van der Waals surface area contributed by atoms with E-state index in [2.05, 4.69) is 15.2 Å². The average molecular weight is 353 g/mol. The van der Waals surface area contributed by atoms with Crippen molar-refractivity contribution < 1.29 is 14.5 Å². The average Bonchev–Trinajstić information content (AvgIpc) is 3.00. The van der Waals surface area contributed by atoms with Gasteiger partial charge >= 0.3 is 5.97 Å². The molecule has 2 heterocycles. The van der Waals surface area contributed by atoms with Gasteiger partial charge in [0.05, 0.1) is 17.2 Å². The number of aryl methyl sites for hydroxylation is 1. The van der Waals surface area contributed by atoms with Crippen LogP contribution in [0.5, 0.6) is 0 Å². The van der Waals surface area contributed by atoms with Crippen LogP contribution >= 0.6 is 0 Å². The van der Waals surface area contributed by atoms with Gasteiger partial charge in [0, 0.05) is 18.3 Å². The van der Waals surface area contributed by atoms with Gasteiger partial charge in [0.15, 0.2) is 11.5 Å². The molecule has 3 aromatic rings. The van der Waals surface area contributed by atoms with Gasteiger partial charge in [-0.2, -0.15) is 0 Å². The minimum atomic E-state index is -0.608. The van der Waals surface area contributed by atoms with Crippen molar-refractivity contribution in [3.05, 3.63) is 64.0 Å². The number of hydrogen-bond acceptors (Lipinski definition) is 7. The van der Waals surface area contributed by atoms with E-state index >= 15 is 0 Å². The van der Waals surface area contributed by atoms with Crippen molar-refractivity contribution in [1.29, 1.82) is 0 Å². The molecule has 1 aromatic carbocycles. The van der Waals surface area contributed by atoms with Gasteiger partial charge in [0.2, 0.25) is 0 Å². The fourth-order valence-electron chi connectivity index (χ4n) is 2.40. The number of nitro benzene ring substituents is 1. The van der Waals surface area contributed by atoms with E-state index in [9.17, 15) is 14.9 Å². The van der Waals surface area contributed by atoms with Crippen LogP contribution in [0.15, 0.2) is 52.8 Å². The fraction of sp³-hybridized carbons (Fsp3) is 0.176. The number of nitrogens with zero attached hydrogens (tertiary/aromatic N) is 5. The molecule has 0 aliphatic heterocycles. The molecule has 9 nitrogen and oxygen atoms in total. The van der Waals surface area contributed by atoms with Crippen molar-refractivity contribution in [2.45, 2.75) is 13.8 Å². The Labute approximate surface area is 148 Å². The van der Waals surface area contributed by atoms with E-state index in [1.165, 1.54) is 18.2 Å². The second kappa shape index (κ2) is 7.09. The number of imidazole rings is 1. The highest BCUT2D eigenvalue weighted by atomic mass is 16.6. The molecule has 0 saturated carbocycles. The highest BCUT2D eigenvalue weighted by Gasteiger charge is 2.21. The zero-order valence-corrected chi connectivity index (χ0v) is 14.1. The predicted molar refractivity (Wildman–Crippen MR) is 93.2 cm³/mol. The molecule has 0 aliphatic rings. The molecule has 0 spiro atoms. The van der Waals surface area contributed by atoms with E-state index in [1.54, 1.807) is 29.7 Å². The first-order chi connectivity index (χ1) is 12.5. The number of benzene rings is 1. The van der Waals surface area contributed by atoms with Crippen molar-refractivity contribution in [3.63, 3.8) is 0 Å². The molecule has 0 radical (unpaired) electrons. The fourth-order valence-corrected chi connectivity index (χ4v) is 2.40. The van der Waals surface area contributed by atoms with Crippen LogP contribution in [-0.2, 0) is 4.74 Å². The normalized spacial score (nSPS) is 11.2. The Morgan fingerprint density at radius 2 is 2.12 bits per heavy atom. The van der Waals surface area contributed by atoms with Crippen LogP contribution in [0, 0.1) is 17.0 Å². The second-order valence-electron chi connectivity index (χ2n) is 5.37. The number of fused-ring (bicyclic) bond motifs is 1. The highest BCUT2D eigenvalue weighted by molar-refractivity contribution is 5.93. The van der Waals surface area contributed by atoms with Gasteiger partial charge in [-0.25, -0.2) is 9.78 Å². The van der Waals surface area contributed by atoms with E-state index in [4.69, 9.17) is 4.74 Å². The second-order valence-corrected chi connectivity index (χ2v) is 5.37. The maximum Gasteiger partial charge on any atom is 0.360 e. The molecule has 0 N–H and O–H groups in total. The Balaban J connectivity index is 2.09. The molecule has 0 atom stereocenters. The van der Waals surface area contributed by atoms with Crippen LogP contribution in [0.4, 0.5) is 17.2 Å². The molecule has 3 rings (SSSR count). The van der Waals surface area contributed by atoms with Gasteiger partial charge in [-0.15, -0.1) is 10.2 Å².